The molecule has 0 aromatic heterocycles. The molecular weight excluding hydrogens is 539 g/mol. The molecule has 0 aliphatic carbocycles. The molecule has 0 aliphatic heterocycles. The molecule has 0 aromatic rings. The van der Waals surface area contributed by atoms with Gasteiger partial charge in [0.1, 0.15) is 6.29 Å². The van der Waals surface area contributed by atoms with Crippen molar-refractivity contribution in [3.63, 3.8) is 0 Å². The molecule has 0 aliphatic rings. The third-order valence-corrected chi connectivity index (χ3v) is 18.0. The second-order valence-electron chi connectivity index (χ2n) is 14.3. The van der Waals surface area contributed by atoms with Crippen molar-refractivity contribution >= 4 is 28.9 Å². The first-order valence-electron chi connectivity index (χ1n) is 14.8. The molecule has 0 fully saturated rings. The van der Waals surface area contributed by atoms with Gasteiger partial charge in [-0.3, -0.25) is 4.79 Å². The van der Waals surface area contributed by atoms with Gasteiger partial charge in [-0.25, -0.2) is 0 Å². The highest BCUT2D eigenvalue weighted by Gasteiger charge is 2.44. The summed E-state index contributed by atoms with van der Waals surface area (Å²) in [5, 5.41) is 4.38. The summed E-state index contributed by atoms with van der Waals surface area (Å²) in [6.45, 7) is 26.8. The lowest BCUT2D eigenvalue weighted by atomic mass is 9.80. The fourth-order valence-electron chi connectivity index (χ4n) is 4.15. The first kappa shape index (κ1) is 38.5. The molecular formula is C30H59N3O5Si2. The fourth-order valence-corrected chi connectivity index (χ4v) is 6.65. The number of hydrogen-bond donors (Lipinski definition) is 0. The first-order chi connectivity index (χ1) is 18.3. The van der Waals surface area contributed by atoms with Crippen LogP contribution in [0.4, 0.5) is 0 Å². The van der Waals surface area contributed by atoms with Crippen LogP contribution in [0.1, 0.15) is 87.5 Å². The van der Waals surface area contributed by atoms with Gasteiger partial charge in [-0.2, -0.15) is 0 Å². The van der Waals surface area contributed by atoms with Crippen molar-refractivity contribution in [2.75, 3.05) is 13.7 Å². The van der Waals surface area contributed by atoms with Gasteiger partial charge in [0.2, 0.25) is 0 Å². The molecule has 0 saturated heterocycles. The molecule has 0 aromatic carbocycles. The molecule has 0 saturated carbocycles. The number of allylic oxidation sites excluding steroid dienone is 2. The molecule has 0 bridgehead atoms. The highest BCUT2D eigenvalue weighted by Crippen LogP contribution is 2.42. The number of ether oxygens (including phenoxy) is 1. The quantitative estimate of drug-likeness (QED) is 0.0298. The van der Waals surface area contributed by atoms with Crippen molar-refractivity contribution in [1.29, 1.82) is 0 Å². The molecule has 10 heteroatoms. The van der Waals surface area contributed by atoms with Gasteiger partial charge in [-0.05, 0) is 79.3 Å². The summed E-state index contributed by atoms with van der Waals surface area (Å²) in [4.78, 5) is 26.5. The van der Waals surface area contributed by atoms with E-state index in [0.717, 1.165) is 6.29 Å². The lowest BCUT2D eigenvalue weighted by molar-refractivity contribution is -0.144. The lowest BCUT2D eigenvalue weighted by Gasteiger charge is -2.45. The Hall–Kier alpha value is -1.46. The van der Waals surface area contributed by atoms with Gasteiger partial charge in [0.05, 0.1) is 13.0 Å². The second kappa shape index (κ2) is 16.9. The number of azide groups is 1. The SMILES string of the molecule is COC(=O)[C@@H](C)C/C=C\CC[C@H](N=[N+]=[N-])[C@@H]([C@H](C)CO[Si](C)(C)C(C)(C)C)[C@@H](CCC=O)O[Si](C)(C)C(C)(C)C. The van der Waals surface area contributed by atoms with Crippen LogP contribution in [0, 0.1) is 17.8 Å². The van der Waals surface area contributed by atoms with Crippen LogP contribution in [0.2, 0.25) is 36.3 Å². The largest absolute Gasteiger partial charge is 0.469 e. The molecule has 0 heterocycles. The molecule has 0 radical (unpaired) electrons. The van der Waals surface area contributed by atoms with Crippen molar-refractivity contribution in [1.82, 2.24) is 0 Å². The van der Waals surface area contributed by atoms with Crippen molar-refractivity contribution < 1.29 is 23.2 Å². The lowest BCUT2D eigenvalue weighted by Crippen LogP contribution is -2.50. The van der Waals surface area contributed by atoms with Gasteiger partial charge in [0, 0.05) is 30.1 Å². The third kappa shape index (κ3) is 12.6. The van der Waals surface area contributed by atoms with Crippen LogP contribution in [0.15, 0.2) is 17.3 Å². The normalized spacial score (nSPS) is 17.0. The third-order valence-electron chi connectivity index (χ3n) is 8.95. The number of esters is 1. The van der Waals surface area contributed by atoms with Crippen molar-refractivity contribution in [2.24, 2.45) is 22.9 Å². The van der Waals surface area contributed by atoms with Crippen LogP contribution in [-0.4, -0.2) is 54.8 Å². The van der Waals surface area contributed by atoms with Crippen molar-refractivity contribution in [2.45, 2.75) is 136 Å². The summed E-state index contributed by atoms with van der Waals surface area (Å²) in [7, 11) is -2.80. The minimum atomic E-state index is -2.20. The number of carbonyl (C=O) groups excluding carboxylic acids is 2. The van der Waals surface area contributed by atoms with Crippen LogP contribution in [0.3, 0.4) is 0 Å². The zero-order valence-electron chi connectivity index (χ0n) is 27.7. The Balaban J connectivity index is 6.27. The number of nitrogens with zero attached hydrogens (tertiary/aromatic N) is 3. The fraction of sp³-hybridized carbons (Fsp3) is 0.867. The van der Waals surface area contributed by atoms with E-state index in [1.54, 1.807) is 0 Å². The van der Waals surface area contributed by atoms with E-state index >= 15 is 0 Å². The highest BCUT2D eigenvalue weighted by molar-refractivity contribution is 6.74. The summed E-state index contributed by atoms with van der Waals surface area (Å²) < 4.78 is 18.5. The number of methoxy groups -OCH3 is 1. The summed E-state index contributed by atoms with van der Waals surface area (Å²) >= 11 is 0. The van der Waals surface area contributed by atoms with E-state index in [1.165, 1.54) is 7.11 Å². The summed E-state index contributed by atoms with van der Waals surface area (Å²) in [5.74, 6) is -0.500. The van der Waals surface area contributed by atoms with E-state index in [9.17, 15) is 15.1 Å². The van der Waals surface area contributed by atoms with E-state index in [2.05, 4.69) is 84.7 Å². The number of hydrogen-bond acceptors (Lipinski definition) is 6. The molecule has 0 spiro atoms. The Labute approximate surface area is 246 Å². The Morgan fingerprint density at radius 3 is 2.00 bits per heavy atom. The Morgan fingerprint density at radius 1 is 0.950 bits per heavy atom. The van der Waals surface area contributed by atoms with E-state index < -0.39 is 16.6 Å². The van der Waals surface area contributed by atoms with Gasteiger partial charge in [-0.15, -0.1) is 0 Å². The van der Waals surface area contributed by atoms with Crippen LogP contribution >= 0.6 is 0 Å². The van der Waals surface area contributed by atoms with Crippen molar-refractivity contribution in [3.05, 3.63) is 22.6 Å². The van der Waals surface area contributed by atoms with Gasteiger partial charge in [0.15, 0.2) is 16.6 Å². The smallest absolute Gasteiger partial charge is 0.308 e. The topological polar surface area (TPSA) is 111 Å². The minimum Gasteiger partial charge on any atom is -0.469 e. The number of carbonyl (C=O) groups is 2. The molecule has 232 valence electrons. The maximum Gasteiger partial charge on any atom is 0.308 e. The van der Waals surface area contributed by atoms with Crippen LogP contribution < -0.4 is 0 Å². The average molecular weight is 598 g/mol. The van der Waals surface area contributed by atoms with Crippen molar-refractivity contribution in [3.8, 4) is 0 Å². The van der Waals surface area contributed by atoms with E-state index in [1.807, 2.05) is 19.1 Å². The highest BCUT2D eigenvalue weighted by atomic mass is 28.4. The predicted molar refractivity (Wildman–Crippen MR) is 170 cm³/mol. The molecule has 8 nitrogen and oxygen atoms in total. The standard InChI is InChI=1S/C30H59N3O5Si2/c1-23(28(35)36-9)18-15-14-16-19-25(32-33-31)27(24(2)22-37-39(10,11)29(3,4)5)26(20-17-21-34)38-40(12,13)30(6,7)8/h14-15,21,23-27H,16-20,22H2,1-13H3/b15-14-/t23-,24+,25-,26+,27+/m0/s1. The van der Waals surface area contributed by atoms with E-state index in [-0.39, 0.29) is 45.9 Å². The summed E-state index contributed by atoms with van der Waals surface area (Å²) in [5.41, 5.74) is 9.59. The summed E-state index contributed by atoms with van der Waals surface area (Å²) in [6, 6.07) is -0.327. The summed E-state index contributed by atoms with van der Waals surface area (Å²) in [6.07, 6.45) is 7.65. The van der Waals surface area contributed by atoms with Gasteiger partial charge < -0.3 is 18.4 Å². The zero-order valence-corrected chi connectivity index (χ0v) is 29.7. The second-order valence-corrected chi connectivity index (χ2v) is 23.8. The maximum absolute atomic E-state index is 11.7. The first-order valence-corrected chi connectivity index (χ1v) is 20.6. The van der Waals surface area contributed by atoms with Crippen LogP contribution in [-0.2, 0) is 23.2 Å². The van der Waals surface area contributed by atoms with E-state index in [0.29, 0.717) is 38.7 Å². The zero-order chi connectivity index (χ0) is 31.4. The van der Waals surface area contributed by atoms with Crippen LogP contribution in [0.5, 0.6) is 0 Å². The van der Waals surface area contributed by atoms with Gasteiger partial charge >= 0.3 is 5.97 Å². The van der Waals surface area contributed by atoms with Gasteiger partial charge in [0.25, 0.3) is 0 Å². The Bertz CT molecular complexity index is 858. The van der Waals surface area contributed by atoms with E-state index in [4.69, 9.17) is 13.6 Å². The molecule has 5 atom stereocenters. The van der Waals surface area contributed by atoms with Gasteiger partial charge in [-0.1, -0.05) is 72.7 Å². The molecule has 0 rings (SSSR count). The molecule has 0 unspecified atom stereocenters. The molecule has 0 amide bonds. The van der Waals surface area contributed by atoms with Crippen LogP contribution in [0.25, 0.3) is 10.4 Å². The Morgan fingerprint density at radius 2 is 1.52 bits per heavy atom. The molecule has 40 heavy (non-hydrogen) atoms. The average Bonchev–Trinajstić information content (AvgIpc) is 2.83. The monoisotopic (exact) mass is 597 g/mol. The number of rotatable bonds is 18. The maximum atomic E-state index is 11.7. The minimum absolute atomic E-state index is 0.00901. The molecule has 0 N–H and O–H groups in total. The number of aldehydes is 1. The predicted octanol–water partition coefficient (Wildman–Crippen LogP) is 8.84. The Kier molecular flexibility index (Phi) is 16.2.